The van der Waals surface area contributed by atoms with Gasteiger partial charge in [0, 0.05) is 6.42 Å². The molecule has 0 aromatic heterocycles. The molecule has 0 aliphatic rings. The molecule has 3 nitrogen and oxygen atoms in total. The van der Waals surface area contributed by atoms with E-state index in [-0.39, 0.29) is 6.42 Å². The summed E-state index contributed by atoms with van der Waals surface area (Å²) in [4.78, 5) is 10.3. The first-order chi connectivity index (χ1) is 8.77. The van der Waals surface area contributed by atoms with E-state index in [4.69, 9.17) is 5.11 Å². The molecule has 0 unspecified atom stereocenters. The van der Waals surface area contributed by atoms with E-state index in [1.807, 2.05) is 6.08 Å². The molecule has 0 amide bonds. The van der Waals surface area contributed by atoms with Crippen molar-refractivity contribution in [1.29, 1.82) is 0 Å². The molecule has 0 bridgehead atoms. The van der Waals surface area contributed by atoms with Crippen LogP contribution in [0, 0.1) is 0 Å². The second kappa shape index (κ2) is 14.2. The molecule has 2 N–H and O–H groups in total. The average molecular weight is 255 g/mol. The van der Waals surface area contributed by atoms with Gasteiger partial charge in [0.2, 0.25) is 0 Å². The summed E-state index contributed by atoms with van der Waals surface area (Å²) in [6, 6.07) is 0. The van der Waals surface area contributed by atoms with Crippen molar-refractivity contribution in [3.63, 3.8) is 0 Å². The van der Waals surface area contributed by atoms with Gasteiger partial charge in [-0.2, -0.15) is 0 Å². The predicted molar refractivity (Wildman–Crippen MR) is 76.9 cm³/mol. The van der Waals surface area contributed by atoms with Gasteiger partial charge in [-0.3, -0.25) is 4.79 Å². The zero-order chi connectivity index (χ0) is 13.5. The van der Waals surface area contributed by atoms with Crippen LogP contribution in [-0.4, -0.2) is 24.2 Å². The van der Waals surface area contributed by atoms with E-state index in [1.54, 1.807) is 0 Å². The number of rotatable bonds is 13. The monoisotopic (exact) mass is 255 g/mol. The van der Waals surface area contributed by atoms with Gasteiger partial charge in [-0.15, -0.1) is 0 Å². The van der Waals surface area contributed by atoms with E-state index < -0.39 is 5.97 Å². The Bertz CT molecular complexity index is 215. The molecule has 0 rings (SSSR count). The van der Waals surface area contributed by atoms with Crippen molar-refractivity contribution >= 4 is 5.97 Å². The highest BCUT2D eigenvalue weighted by Gasteiger charge is 1.92. The summed E-state index contributed by atoms with van der Waals surface area (Å²) in [6.45, 7) is 4.38. The number of carbonyl (C=O) groups is 1. The van der Waals surface area contributed by atoms with Gasteiger partial charge < -0.3 is 10.4 Å². The smallest absolute Gasteiger partial charge is 0.303 e. The van der Waals surface area contributed by atoms with Crippen LogP contribution in [0.25, 0.3) is 0 Å². The summed E-state index contributed by atoms with van der Waals surface area (Å²) >= 11 is 0. The quantitative estimate of drug-likeness (QED) is 0.389. The minimum absolute atomic E-state index is 0.252. The van der Waals surface area contributed by atoms with Gasteiger partial charge in [-0.1, -0.05) is 44.8 Å². The maximum atomic E-state index is 10.3. The van der Waals surface area contributed by atoms with E-state index >= 15 is 0 Å². The Hall–Kier alpha value is -0.830. The SMILES string of the molecule is CCNCCCCCCCC/C=C/CCC(=O)O. The first kappa shape index (κ1) is 17.2. The third-order valence-corrected chi connectivity index (χ3v) is 2.92. The lowest BCUT2D eigenvalue weighted by Crippen LogP contribution is -2.13. The average Bonchev–Trinajstić information content (AvgIpc) is 2.34. The molecule has 0 saturated carbocycles. The second-order valence-electron chi connectivity index (χ2n) is 4.67. The molecule has 106 valence electrons. The number of hydrogen-bond donors (Lipinski definition) is 2. The minimum Gasteiger partial charge on any atom is -0.481 e. The number of carboxylic acids is 1. The lowest BCUT2D eigenvalue weighted by atomic mass is 10.1. The first-order valence-corrected chi connectivity index (χ1v) is 7.35. The maximum absolute atomic E-state index is 10.3. The fourth-order valence-corrected chi connectivity index (χ4v) is 1.84. The van der Waals surface area contributed by atoms with Crippen molar-refractivity contribution in [3.8, 4) is 0 Å². The zero-order valence-electron chi connectivity index (χ0n) is 11.8. The molecule has 0 radical (unpaired) electrons. The Kier molecular flexibility index (Phi) is 13.6. The van der Waals surface area contributed by atoms with Crippen molar-refractivity contribution in [3.05, 3.63) is 12.2 Å². The van der Waals surface area contributed by atoms with Gasteiger partial charge >= 0.3 is 5.97 Å². The number of hydrogen-bond acceptors (Lipinski definition) is 2. The topological polar surface area (TPSA) is 49.3 Å². The summed E-state index contributed by atoms with van der Waals surface area (Å²) in [5.74, 6) is -0.711. The molecule has 0 saturated heterocycles. The van der Waals surface area contributed by atoms with Crippen molar-refractivity contribution in [2.75, 3.05) is 13.1 Å². The Morgan fingerprint density at radius 3 is 2.28 bits per heavy atom. The van der Waals surface area contributed by atoms with Crippen LogP contribution in [0.15, 0.2) is 12.2 Å². The molecule has 0 aromatic carbocycles. The summed E-state index contributed by atoms with van der Waals surface area (Å²) < 4.78 is 0. The molecular weight excluding hydrogens is 226 g/mol. The van der Waals surface area contributed by atoms with E-state index in [0.717, 1.165) is 19.5 Å². The number of nitrogens with one attached hydrogen (secondary N) is 1. The molecule has 0 heterocycles. The molecule has 0 aliphatic heterocycles. The second-order valence-corrected chi connectivity index (χ2v) is 4.67. The summed E-state index contributed by atoms with van der Waals surface area (Å²) in [7, 11) is 0. The Labute approximate surface area is 112 Å². The van der Waals surface area contributed by atoms with Gasteiger partial charge in [0.05, 0.1) is 0 Å². The third kappa shape index (κ3) is 15.2. The highest BCUT2D eigenvalue weighted by atomic mass is 16.4. The third-order valence-electron chi connectivity index (χ3n) is 2.92. The van der Waals surface area contributed by atoms with Gasteiger partial charge in [0.25, 0.3) is 0 Å². The molecule has 18 heavy (non-hydrogen) atoms. The Morgan fingerprint density at radius 1 is 1.00 bits per heavy atom. The zero-order valence-corrected chi connectivity index (χ0v) is 11.8. The van der Waals surface area contributed by atoms with Gasteiger partial charge in [-0.05, 0) is 38.8 Å². The Morgan fingerprint density at radius 2 is 1.61 bits per heavy atom. The van der Waals surface area contributed by atoms with E-state index in [9.17, 15) is 4.79 Å². The van der Waals surface area contributed by atoms with E-state index in [0.29, 0.717) is 6.42 Å². The number of allylic oxidation sites excluding steroid dienone is 2. The minimum atomic E-state index is -0.711. The summed E-state index contributed by atoms with van der Waals surface area (Å²) in [5.41, 5.74) is 0. The van der Waals surface area contributed by atoms with Crippen molar-refractivity contribution in [1.82, 2.24) is 5.32 Å². The maximum Gasteiger partial charge on any atom is 0.303 e. The predicted octanol–water partition coefficient (Wildman–Crippen LogP) is 3.75. The molecule has 0 spiro atoms. The lowest BCUT2D eigenvalue weighted by molar-refractivity contribution is -0.136. The van der Waals surface area contributed by atoms with Crippen LogP contribution in [0.1, 0.15) is 64.7 Å². The van der Waals surface area contributed by atoms with Crippen molar-refractivity contribution in [2.24, 2.45) is 0 Å². The van der Waals surface area contributed by atoms with Crippen LogP contribution in [0.3, 0.4) is 0 Å². The number of carboxylic acid groups (broad SMARTS) is 1. The Balaban J connectivity index is 3.04. The van der Waals surface area contributed by atoms with Gasteiger partial charge in [0.15, 0.2) is 0 Å². The fourth-order valence-electron chi connectivity index (χ4n) is 1.84. The lowest BCUT2D eigenvalue weighted by Gasteiger charge is -2.01. The number of aliphatic carboxylic acids is 1. The highest BCUT2D eigenvalue weighted by Crippen LogP contribution is 2.07. The van der Waals surface area contributed by atoms with Crippen LogP contribution in [0.5, 0.6) is 0 Å². The highest BCUT2D eigenvalue weighted by molar-refractivity contribution is 5.66. The van der Waals surface area contributed by atoms with Crippen LogP contribution in [0.2, 0.25) is 0 Å². The van der Waals surface area contributed by atoms with Crippen molar-refractivity contribution < 1.29 is 9.90 Å². The summed E-state index contributed by atoms with van der Waals surface area (Å²) in [6.07, 6.45) is 14.0. The number of unbranched alkanes of at least 4 members (excludes halogenated alkanes) is 6. The van der Waals surface area contributed by atoms with Crippen LogP contribution in [-0.2, 0) is 4.79 Å². The standard InChI is InChI=1S/C15H29NO2/c1-2-16-14-12-10-8-6-4-3-5-7-9-11-13-15(17)18/h7,9,16H,2-6,8,10-14H2,1H3,(H,17,18)/b9-7+. The molecule has 0 atom stereocenters. The normalized spacial score (nSPS) is 11.2. The molecule has 0 aliphatic carbocycles. The molecular formula is C15H29NO2. The van der Waals surface area contributed by atoms with Crippen LogP contribution in [0.4, 0.5) is 0 Å². The summed E-state index contributed by atoms with van der Waals surface area (Å²) in [5, 5.41) is 11.8. The van der Waals surface area contributed by atoms with Crippen molar-refractivity contribution in [2.45, 2.75) is 64.7 Å². The molecule has 0 fully saturated rings. The van der Waals surface area contributed by atoms with E-state index in [2.05, 4.69) is 18.3 Å². The molecule has 3 heteroatoms. The largest absolute Gasteiger partial charge is 0.481 e. The van der Waals surface area contributed by atoms with Crippen LogP contribution < -0.4 is 5.32 Å². The van der Waals surface area contributed by atoms with Crippen LogP contribution >= 0.6 is 0 Å². The van der Waals surface area contributed by atoms with Gasteiger partial charge in [-0.25, -0.2) is 0 Å². The fraction of sp³-hybridized carbons (Fsp3) is 0.800. The molecule has 0 aromatic rings. The van der Waals surface area contributed by atoms with Gasteiger partial charge in [0.1, 0.15) is 0 Å². The van der Waals surface area contributed by atoms with E-state index in [1.165, 1.54) is 38.5 Å². The first-order valence-electron chi connectivity index (χ1n) is 7.35.